The highest BCUT2D eigenvalue weighted by Crippen LogP contribution is 2.16. The van der Waals surface area contributed by atoms with Gasteiger partial charge in [-0.1, -0.05) is 41.9 Å². The van der Waals surface area contributed by atoms with E-state index in [0.29, 0.717) is 16.3 Å². The molecule has 0 aliphatic heterocycles. The van der Waals surface area contributed by atoms with Gasteiger partial charge in [-0.05, 0) is 11.6 Å². The Hall–Kier alpha value is -2.27. The number of aliphatic carboxylic acids is 1. The quantitative estimate of drug-likeness (QED) is 0.890. The predicted octanol–water partition coefficient (Wildman–Crippen LogP) is 2.28. The van der Waals surface area contributed by atoms with Gasteiger partial charge in [-0.15, -0.1) is 0 Å². The first-order valence-corrected chi connectivity index (χ1v) is 6.74. The fourth-order valence-electron chi connectivity index (χ4n) is 2.07. The van der Waals surface area contributed by atoms with Crippen LogP contribution in [-0.2, 0) is 11.8 Å². The Bertz CT molecular complexity index is 652. The van der Waals surface area contributed by atoms with Crippen LogP contribution >= 0.6 is 11.6 Å². The lowest BCUT2D eigenvalue weighted by Crippen LogP contribution is -2.32. The van der Waals surface area contributed by atoms with Crippen molar-refractivity contribution in [1.82, 2.24) is 9.88 Å². The minimum Gasteiger partial charge on any atom is -0.481 e. The number of amides is 1. The third kappa shape index (κ3) is 3.64. The number of hydrogen-bond donors (Lipinski definition) is 2. The molecule has 0 bridgehead atoms. The molecule has 110 valence electrons. The number of carbonyl (C=O) groups excluding carboxylic acids is 1. The molecule has 1 amide bonds. The smallest absolute Gasteiger partial charge is 0.312 e. The maximum absolute atomic E-state index is 12.1. The molecule has 2 aromatic rings. The predicted molar refractivity (Wildman–Crippen MR) is 79.6 cm³/mol. The summed E-state index contributed by atoms with van der Waals surface area (Å²) in [4.78, 5) is 23.4. The lowest BCUT2D eigenvalue weighted by atomic mass is 9.99. The second-order valence-electron chi connectivity index (χ2n) is 4.67. The second kappa shape index (κ2) is 6.45. The van der Waals surface area contributed by atoms with Gasteiger partial charge in [0.25, 0.3) is 5.91 Å². The van der Waals surface area contributed by atoms with Gasteiger partial charge in [0.05, 0.1) is 10.9 Å². The van der Waals surface area contributed by atoms with Gasteiger partial charge in [0.1, 0.15) is 5.69 Å². The Balaban J connectivity index is 2.08. The number of benzene rings is 1. The van der Waals surface area contributed by atoms with E-state index in [1.165, 1.54) is 6.07 Å². The van der Waals surface area contributed by atoms with E-state index in [0.717, 1.165) is 0 Å². The summed E-state index contributed by atoms with van der Waals surface area (Å²) in [5.74, 6) is -2.12. The topological polar surface area (TPSA) is 71.3 Å². The minimum atomic E-state index is -0.980. The van der Waals surface area contributed by atoms with Gasteiger partial charge >= 0.3 is 5.97 Å². The van der Waals surface area contributed by atoms with Gasteiger partial charge in [-0.25, -0.2) is 0 Å². The lowest BCUT2D eigenvalue weighted by molar-refractivity contribution is -0.138. The fraction of sp³-hybridized carbons (Fsp3) is 0.200. The maximum atomic E-state index is 12.1. The summed E-state index contributed by atoms with van der Waals surface area (Å²) in [7, 11) is 1.70. The minimum absolute atomic E-state index is 0.0149. The van der Waals surface area contributed by atoms with Gasteiger partial charge in [0.15, 0.2) is 0 Å². The monoisotopic (exact) mass is 306 g/mol. The second-order valence-corrected chi connectivity index (χ2v) is 5.10. The van der Waals surface area contributed by atoms with Crippen molar-refractivity contribution in [3.63, 3.8) is 0 Å². The first-order valence-electron chi connectivity index (χ1n) is 6.37. The van der Waals surface area contributed by atoms with E-state index in [1.54, 1.807) is 42.1 Å². The molecule has 1 heterocycles. The van der Waals surface area contributed by atoms with Crippen LogP contribution in [-0.4, -0.2) is 28.1 Å². The molecule has 6 heteroatoms. The van der Waals surface area contributed by atoms with E-state index in [4.69, 9.17) is 11.6 Å². The average molecular weight is 307 g/mol. The van der Waals surface area contributed by atoms with Crippen LogP contribution in [0.1, 0.15) is 22.0 Å². The normalized spacial score (nSPS) is 11.9. The van der Waals surface area contributed by atoms with Gasteiger partial charge in [0.2, 0.25) is 0 Å². The zero-order valence-electron chi connectivity index (χ0n) is 11.4. The number of rotatable bonds is 5. The zero-order chi connectivity index (χ0) is 15.4. The first-order chi connectivity index (χ1) is 9.99. The van der Waals surface area contributed by atoms with Crippen LogP contribution in [0.15, 0.2) is 42.6 Å². The van der Waals surface area contributed by atoms with Crippen molar-refractivity contribution in [2.24, 2.45) is 7.05 Å². The molecule has 5 nitrogen and oxygen atoms in total. The number of carboxylic acids is 1. The fourth-order valence-corrected chi connectivity index (χ4v) is 2.32. The van der Waals surface area contributed by atoms with Crippen LogP contribution in [0.5, 0.6) is 0 Å². The molecule has 2 N–H and O–H groups in total. The summed E-state index contributed by atoms with van der Waals surface area (Å²) in [6.45, 7) is 0.0149. The Kier molecular flexibility index (Phi) is 4.65. The number of hydrogen-bond acceptors (Lipinski definition) is 2. The highest BCUT2D eigenvalue weighted by Gasteiger charge is 2.21. The lowest BCUT2D eigenvalue weighted by Gasteiger charge is -2.14. The molecule has 0 fully saturated rings. The Morgan fingerprint density at radius 2 is 2.00 bits per heavy atom. The van der Waals surface area contributed by atoms with E-state index in [9.17, 15) is 14.7 Å². The van der Waals surface area contributed by atoms with Crippen LogP contribution < -0.4 is 5.32 Å². The number of carboxylic acid groups (broad SMARTS) is 1. The summed E-state index contributed by atoms with van der Waals surface area (Å²) in [6.07, 6.45) is 1.61. The maximum Gasteiger partial charge on any atom is 0.312 e. The van der Waals surface area contributed by atoms with Gasteiger partial charge < -0.3 is 15.0 Å². The van der Waals surface area contributed by atoms with E-state index < -0.39 is 11.9 Å². The van der Waals surface area contributed by atoms with Gasteiger partial charge in [-0.3, -0.25) is 9.59 Å². The van der Waals surface area contributed by atoms with Crippen molar-refractivity contribution < 1.29 is 14.7 Å². The number of aromatic nitrogens is 1. The Morgan fingerprint density at radius 3 is 2.52 bits per heavy atom. The van der Waals surface area contributed by atoms with Crippen molar-refractivity contribution in [3.8, 4) is 0 Å². The standard InChI is InChI=1S/C15H15ClN2O3/c1-18-9-11(16)7-13(18)14(19)17-8-12(15(20)21)10-5-3-2-4-6-10/h2-7,9,12H,8H2,1H3,(H,17,19)(H,20,21). The number of halogens is 1. The molecular formula is C15H15ClN2O3. The molecule has 21 heavy (non-hydrogen) atoms. The van der Waals surface area contributed by atoms with Crippen molar-refractivity contribution >= 4 is 23.5 Å². The molecule has 2 rings (SSSR count). The van der Waals surface area contributed by atoms with Crippen LogP contribution in [0.25, 0.3) is 0 Å². The van der Waals surface area contributed by atoms with Crippen LogP contribution in [0.3, 0.4) is 0 Å². The average Bonchev–Trinajstić information content (AvgIpc) is 2.78. The highest BCUT2D eigenvalue weighted by atomic mass is 35.5. The first kappa shape index (κ1) is 15.1. The van der Waals surface area contributed by atoms with E-state index in [1.807, 2.05) is 6.07 Å². The summed E-state index contributed by atoms with van der Waals surface area (Å²) < 4.78 is 1.59. The van der Waals surface area contributed by atoms with Gasteiger partial charge in [0, 0.05) is 19.8 Å². The summed E-state index contributed by atoms with van der Waals surface area (Å²) in [5.41, 5.74) is 1.03. The molecular weight excluding hydrogens is 292 g/mol. The molecule has 0 aliphatic carbocycles. The van der Waals surface area contributed by atoms with Gasteiger partial charge in [-0.2, -0.15) is 0 Å². The molecule has 0 saturated carbocycles. The summed E-state index contributed by atoms with van der Waals surface area (Å²) in [5, 5.41) is 12.4. The third-order valence-electron chi connectivity index (χ3n) is 3.17. The molecule has 0 radical (unpaired) electrons. The summed E-state index contributed by atoms with van der Waals surface area (Å²) in [6, 6.07) is 10.3. The zero-order valence-corrected chi connectivity index (χ0v) is 12.2. The molecule has 1 atom stereocenters. The number of nitrogens with zero attached hydrogens (tertiary/aromatic N) is 1. The largest absolute Gasteiger partial charge is 0.481 e. The van der Waals surface area contributed by atoms with E-state index in [2.05, 4.69) is 5.32 Å². The number of carbonyl (C=O) groups is 2. The number of nitrogens with one attached hydrogen (secondary N) is 1. The third-order valence-corrected chi connectivity index (χ3v) is 3.38. The molecule has 0 spiro atoms. The molecule has 1 unspecified atom stereocenters. The SMILES string of the molecule is Cn1cc(Cl)cc1C(=O)NCC(C(=O)O)c1ccccc1. The molecule has 0 saturated heterocycles. The molecule has 0 aliphatic rings. The van der Waals surface area contributed by atoms with Crippen molar-refractivity contribution in [2.45, 2.75) is 5.92 Å². The van der Waals surface area contributed by atoms with Crippen LogP contribution in [0.2, 0.25) is 5.02 Å². The van der Waals surface area contributed by atoms with Crippen LogP contribution in [0.4, 0.5) is 0 Å². The molecule has 1 aromatic heterocycles. The summed E-state index contributed by atoms with van der Waals surface area (Å²) >= 11 is 5.82. The van der Waals surface area contributed by atoms with E-state index in [-0.39, 0.29) is 12.5 Å². The number of aryl methyl sites for hydroxylation is 1. The van der Waals surface area contributed by atoms with E-state index >= 15 is 0 Å². The van der Waals surface area contributed by atoms with Crippen molar-refractivity contribution in [2.75, 3.05) is 6.54 Å². The molecule has 1 aromatic carbocycles. The Morgan fingerprint density at radius 1 is 1.33 bits per heavy atom. The van der Waals surface area contributed by atoms with Crippen molar-refractivity contribution in [3.05, 3.63) is 58.9 Å². The Labute approximate surface area is 127 Å². The highest BCUT2D eigenvalue weighted by molar-refractivity contribution is 6.31. The van der Waals surface area contributed by atoms with Crippen LogP contribution in [0, 0.1) is 0 Å². The van der Waals surface area contributed by atoms with Crippen molar-refractivity contribution in [1.29, 1.82) is 0 Å².